The highest BCUT2D eigenvalue weighted by molar-refractivity contribution is 6.04. The zero-order chi connectivity index (χ0) is 17.6. The van der Waals surface area contributed by atoms with Gasteiger partial charge in [-0.25, -0.2) is 0 Å². The van der Waals surface area contributed by atoms with Crippen LogP contribution in [0.3, 0.4) is 0 Å². The molecule has 0 radical (unpaired) electrons. The maximum absolute atomic E-state index is 12.5. The number of morpholine rings is 1. The van der Waals surface area contributed by atoms with Gasteiger partial charge in [-0.15, -0.1) is 0 Å². The monoisotopic (exact) mass is 341 g/mol. The number of carbonyl (C=O) groups is 2. The van der Waals surface area contributed by atoms with E-state index in [2.05, 4.69) is 10.3 Å². The lowest BCUT2D eigenvalue weighted by molar-refractivity contribution is 0.0303. The highest BCUT2D eigenvalue weighted by Crippen LogP contribution is 2.16. The molecule has 2 amide bonds. The van der Waals surface area contributed by atoms with E-state index >= 15 is 0 Å². The number of nitrogens with zero attached hydrogens (tertiary/aromatic N) is 2. The van der Waals surface area contributed by atoms with Crippen molar-refractivity contribution in [1.82, 2.24) is 9.88 Å². The molecule has 7 nitrogen and oxygen atoms in total. The van der Waals surface area contributed by atoms with Crippen molar-refractivity contribution in [1.29, 1.82) is 0 Å². The number of hydrogen-bond acceptors (Lipinski definition) is 5. The van der Waals surface area contributed by atoms with Crippen molar-refractivity contribution in [2.75, 3.05) is 38.7 Å². The predicted octanol–water partition coefficient (Wildman–Crippen LogP) is 1.81. The molecule has 2 aromatic rings. The van der Waals surface area contributed by atoms with Gasteiger partial charge in [0.05, 0.1) is 20.3 Å². The second-order valence-corrected chi connectivity index (χ2v) is 5.52. The first-order valence-corrected chi connectivity index (χ1v) is 7.96. The molecule has 0 saturated carbocycles. The summed E-state index contributed by atoms with van der Waals surface area (Å²) in [5.41, 5.74) is 1.25. The minimum absolute atomic E-state index is 0.121. The van der Waals surface area contributed by atoms with E-state index in [-0.39, 0.29) is 17.5 Å². The summed E-state index contributed by atoms with van der Waals surface area (Å²) in [6.45, 7) is 2.16. The van der Waals surface area contributed by atoms with Crippen molar-refractivity contribution in [2.24, 2.45) is 0 Å². The number of amides is 2. The number of hydrogen-bond donors (Lipinski definition) is 1. The Hall–Kier alpha value is -2.93. The summed E-state index contributed by atoms with van der Waals surface area (Å²) in [5.74, 6) is 0.209. The van der Waals surface area contributed by atoms with Crippen LogP contribution in [0.1, 0.15) is 20.8 Å². The van der Waals surface area contributed by atoms with Crippen LogP contribution in [-0.4, -0.2) is 55.1 Å². The molecule has 2 heterocycles. The third kappa shape index (κ3) is 4.13. The quantitative estimate of drug-likeness (QED) is 0.917. The highest BCUT2D eigenvalue weighted by atomic mass is 16.5. The van der Waals surface area contributed by atoms with Crippen molar-refractivity contribution in [3.63, 3.8) is 0 Å². The Morgan fingerprint density at radius 1 is 1.16 bits per heavy atom. The Kier molecular flexibility index (Phi) is 5.25. The minimum atomic E-state index is -0.373. The van der Waals surface area contributed by atoms with Gasteiger partial charge in [0.15, 0.2) is 0 Å². The van der Waals surface area contributed by atoms with Crippen molar-refractivity contribution in [2.45, 2.75) is 0 Å². The van der Waals surface area contributed by atoms with Crippen LogP contribution in [-0.2, 0) is 4.74 Å². The molecule has 0 bridgehead atoms. The van der Waals surface area contributed by atoms with E-state index < -0.39 is 0 Å². The van der Waals surface area contributed by atoms with Crippen LogP contribution >= 0.6 is 0 Å². The maximum atomic E-state index is 12.5. The number of nitrogens with one attached hydrogen (secondary N) is 1. The lowest BCUT2D eigenvalue weighted by atomic mass is 10.2. The van der Waals surface area contributed by atoms with Gasteiger partial charge in [-0.1, -0.05) is 0 Å². The fourth-order valence-corrected chi connectivity index (χ4v) is 2.51. The summed E-state index contributed by atoms with van der Waals surface area (Å²) in [4.78, 5) is 30.6. The molecule has 130 valence electrons. The van der Waals surface area contributed by atoms with Crippen LogP contribution in [0.5, 0.6) is 5.75 Å². The molecule has 0 aliphatic carbocycles. The summed E-state index contributed by atoms with van der Waals surface area (Å²) in [5, 5.41) is 2.75. The zero-order valence-corrected chi connectivity index (χ0v) is 13.9. The van der Waals surface area contributed by atoms with Crippen LogP contribution in [0.25, 0.3) is 0 Å². The second-order valence-electron chi connectivity index (χ2n) is 5.52. The van der Waals surface area contributed by atoms with Gasteiger partial charge < -0.3 is 19.7 Å². The summed E-state index contributed by atoms with van der Waals surface area (Å²) in [6.07, 6.45) is 1.47. The number of benzene rings is 1. The molecule has 1 aromatic carbocycles. The van der Waals surface area contributed by atoms with E-state index in [1.807, 2.05) is 0 Å². The molecule has 0 unspecified atom stereocenters. The lowest BCUT2D eigenvalue weighted by Gasteiger charge is -2.26. The first-order chi connectivity index (χ1) is 12.2. The number of rotatable bonds is 4. The molecule has 3 rings (SSSR count). The number of anilines is 1. The molecule has 1 aromatic heterocycles. The molecule has 25 heavy (non-hydrogen) atoms. The Morgan fingerprint density at radius 3 is 2.56 bits per heavy atom. The standard InChI is InChI=1S/C18H19N3O4/c1-24-15-4-2-14(3-5-15)20-17(22)16-12-13(6-7-19-16)18(23)21-8-10-25-11-9-21/h2-7,12H,8-11H2,1H3,(H,20,22). The van der Waals surface area contributed by atoms with E-state index in [1.54, 1.807) is 42.3 Å². The van der Waals surface area contributed by atoms with Crippen molar-refractivity contribution in [3.05, 3.63) is 53.9 Å². The number of carbonyl (C=O) groups excluding carboxylic acids is 2. The fourth-order valence-electron chi connectivity index (χ4n) is 2.51. The number of ether oxygens (including phenoxy) is 2. The van der Waals surface area contributed by atoms with E-state index in [9.17, 15) is 9.59 Å². The third-order valence-corrected chi connectivity index (χ3v) is 3.89. The van der Waals surface area contributed by atoms with E-state index in [1.165, 1.54) is 12.3 Å². The molecule has 0 atom stereocenters. The van der Waals surface area contributed by atoms with E-state index in [4.69, 9.17) is 9.47 Å². The van der Waals surface area contributed by atoms with Crippen molar-refractivity contribution >= 4 is 17.5 Å². The van der Waals surface area contributed by atoms with Crippen LogP contribution in [0.15, 0.2) is 42.6 Å². The molecular weight excluding hydrogens is 322 g/mol. The summed E-state index contributed by atoms with van der Waals surface area (Å²) in [7, 11) is 1.58. The average Bonchev–Trinajstić information content (AvgIpc) is 2.68. The van der Waals surface area contributed by atoms with Gasteiger partial charge in [-0.2, -0.15) is 0 Å². The molecule has 7 heteroatoms. The van der Waals surface area contributed by atoms with E-state index in [0.29, 0.717) is 43.3 Å². The predicted molar refractivity (Wildman–Crippen MR) is 91.9 cm³/mol. The van der Waals surface area contributed by atoms with E-state index in [0.717, 1.165) is 0 Å². The molecule has 1 N–H and O–H groups in total. The first-order valence-electron chi connectivity index (χ1n) is 7.96. The molecule has 1 saturated heterocycles. The van der Waals surface area contributed by atoms with Crippen molar-refractivity contribution in [3.8, 4) is 5.75 Å². The van der Waals surface area contributed by atoms with Crippen molar-refractivity contribution < 1.29 is 19.1 Å². The normalized spacial score (nSPS) is 14.0. The Morgan fingerprint density at radius 2 is 1.88 bits per heavy atom. The Labute approximate surface area is 145 Å². The van der Waals surface area contributed by atoms with Crippen LogP contribution in [0.4, 0.5) is 5.69 Å². The largest absolute Gasteiger partial charge is 0.497 e. The van der Waals surface area contributed by atoms with Gasteiger partial charge in [-0.05, 0) is 36.4 Å². The molecular formula is C18H19N3O4. The topological polar surface area (TPSA) is 80.8 Å². The SMILES string of the molecule is COc1ccc(NC(=O)c2cc(C(=O)N3CCOCC3)ccn2)cc1. The first kappa shape index (κ1) is 16.9. The van der Waals surface area contributed by atoms with Crippen LogP contribution < -0.4 is 10.1 Å². The number of pyridine rings is 1. The number of methoxy groups -OCH3 is 1. The molecule has 0 spiro atoms. The lowest BCUT2D eigenvalue weighted by Crippen LogP contribution is -2.40. The maximum Gasteiger partial charge on any atom is 0.274 e. The van der Waals surface area contributed by atoms with Gasteiger partial charge in [-0.3, -0.25) is 14.6 Å². The van der Waals surface area contributed by atoms with Gasteiger partial charge in [0, 0.05) is 30.5 Å². The smallest absolute Gasteiger partial charge is 0.274 e. The average molecular weight is 341 g/mol. The molecule has 1 fully saturated rings. The zero-order valence-electron chi connectivity index (χ0n) is 13.9. The Balaban J connectivity index is 1.71. The minimum Gasteiger partial charge on any atom is -0.497 e. The Bertz CT molecular complexity index is 755. The third-order valence-electron chi connectivity index (χ3n) is 3.89. The van der Waals surface area contributed by atoms with Crippen LogP contribution in [0.2, 0.25) is 0 Å². The summed E-state index contributed by atoms with van der Waals surface area (Å²) in [6, 6.07) is 10.1. The number of aromatic nitrogens is 1. The van der Waals surface area contributed by atoms with Gasteiger partial charge in [0.2, 0.25) is 0 Å². The molecule has 1 aliphatic rings. The highest BCUT2D eigenvalue weighted by Gasteiger charge is 2.20. The summed E-state index contributed by atoms with van der Waals surface area (Å²) >= 11 is 0. The second kappa shape index (κ2) is 7.76. The molecule has 1 aliphatic heterocycles. The van der Waals surface area contributed by atoms with Gasteiger partial charge in [0.25, 0.3) is 11.8 Å². The van der Waals surface area contributed by atoms with Crippen LogP contribution in [0, 0.1) is 0 Å². The van der Waals surface area contributed by atoms with Gasteiger partial charge >= 0.3 is 0 Å². The van der Waals surface area contributed by atoms with Gasteiger partial charge in [0.1, 0.15) is 11.4 Å². The summed E-state index contributed by atoms with van der Waals surface area (Å²) < 4.78 is 10.3. The fraction of sp³-hybridized carbons (Fsp3) is 0.278.